The fourth-order valence-electron chi connectivity index (χ4n) is 1.78. The molecule has 0 aliphatic heterocycles. The Bertz CT molecular complexity index is 686. The van der Waals surface area contributed by atoms with E-state index in [1.807, 2.05) is 0 Å². The number of rotatable bonds is 3. The zero-order valence-corrected chi connectivity index (χ0v) is 11.3. The average Bonchev–Trinajstić information content (AvgIpc) is 2.40. The number of anilines is 1. The molecule has 0 saturated carbocycles. The van der Waals surface area contributed by atoms with Crippen molar-refractivity contribution in [3.05, 3.63) is 68.7 Å². The molecule has 0 spiro atoms. The van der Waals surface area contributed by atoms with E-state index < -0.39 is 4.92 Å². The van der Waals surface area contributed by atoms with Crippen LogP contribution >= 0.6 is 11.6 Å². The molecular formula is C14H11ClN2O3. The predicted molar refractivity (Wildman–Crippen MR) is 77.2 cm³/mol. The van der Waals surface area contributed by atoms with Crippen LogP contribution in [0.4, 0.5) is 11.4 Å². The number of hydrogen-bond donors (Lipinski definition) is 1. The van der Waals surface area contributed by atoms with E-state index in [1.54, 1.807) is 31.2 Å². The second-order valence-electron chi connectivity index (χ2n) is 4.17. The molecule has 0 fully saturated rings. The van der Waals surface area contributed by atoms with E-state index in [2.05, 4.69) is 5.32 Å². The monoisotopic (exact) mass is 290 g/mol. The topological polar surface area (TPSA) is 72.2 Å². The summed E-state index contributed by atoms with van der Waals surface area (Å²) in [5.74, 6) is -0.365. The molecule has 0 unspecified atom stereocenters. The van der Waals surface area contributed by atoms with Gasteiger partial charge in [0.15, 0.2) is 0 Å². The molecule has 0 heterocycles. The van der Waals surface area contributed by atoms with Gasteiger partial charge >= 0.3 is 0 Å². The number of benzene rings is 2. The summed E-state index contributed by atoms with van der Waals surface area (Å²) in [4.78, 5) is 22.4. The number of nitro groups is 1. The maximum Gasteiger partial charge on any atom is 0.274 e. The Morgan fingerprint density at radius 3 is 2.60 bits per heavy atom. The fraction of sp³-hybridized carbons (Fsp3) is 0.0714. The number of carbonyl (C=O) groups excluding carboxylic acids is 1. The Morgan fingerprint density at radius 1 is 1.25 bits per heavy atom. The van der Waals surface area contributed by atoms with Gasteiger partial charge in [-0.25, -0.2) is 0 Å². The predicted octanol–water partition coefficient (Wildman–Crippen LogP) is 3.81. The molecule has 102 valence electrons. The first-order chi connectivity index (χ1) is 9.49. The average molecular weight is 291 g/mol. The van der Waals surface area contributed by atoms with Gasteiger partial charge in [-0.3, -0.25) is 14.9 Å². The summed E-state index contributed by atoms with van der Waals surface area (Å²) in [6, 6.07) is 11.0. The SMILES string of the molecule is Cc1c(NC(=O)c2cccc(Cl)c2)cccc1[N+](=O)[O-]. The molecule has 1 amide bonds. The van der Waals surface area contributed by atoms with Crippen molar-refractivity contribution < 1.29 is 9.72 Å². The summed E-state index contributed by atoms with van der Waals surface area (Å²) in [6.07, 6.45) is 0. The van der Waals surface area contributed by atoms with Gasteiger partial charge in [-0.1, -0.05) is 23.7 Å². The third-order valence-electron chi connectivity index (χ3n) is 2.84. The Hall–Kier alpha value is -2.40. The van der Waals surface area contributed by atoms with Gasteiger partial charge in [0.1, 0.15) is 0 Å². The molecule has 0 atom stereocenters. The van der Waals surface area contributed by atoms with E-state index in [4.69, 9.17) is 11.6 Å². The molecule has 6 heteroatoms. The highest BCUT2D eigenvalue weighted by Crippen LogP contribution is 2.25. The van der Waals surface area contributed by atoms with Crippen molar-refractivity contribution in [2.45, 2.75) is 6.92 Å². The molecule has 0 aliphatic carbocycles. The summed E-state index contributed by atoms with van der Waals surface area (Å²) >= 11 is 5.82. The quantitative estimate of drug-likeness (QED) is 0.690. The number of nitrogens with zero attached hydrogens (tertiary/aromatic N) is 1. The lowest BCUT2D eigenvalue weighted by Crippen LogP contribution is -2.13. The molecule has 1 N–H and O–H groups in total. The van der Waals surface area contributed by atoms with E-state index in [0.717, 1.165) is 0 Å². The maximum atomic E-state index is 12.1. The second-order valence-corrected chi connectivity index (χ2v) is 4.61. The molecule has 0 radical (unpaired) electrons. The number of halogens is 1. The van der Waals surface area contributed by atoms with Crippen molar-refractivity contribution in [3.8, 4) is 0 Å². The highest BCUT2D eigenvalue weighted by atomic mass is 35.5. The van der Waals surface area contributed by atoms with Gasteiger partial charge in [0.2, 0.25) is 0 Å². The molecule has 0 bridgehead atoms. The zero-order chi connectivity index (χ0) is 14.7. The van der Waals surface area contributed by atoms with E-state index in [-0.39, 0.29) is 11.6 Å². The van der Waals surface area contributed by atoms with Crippen LogP contribution in [0.25, 0.3) is 0 Å². The zero-order valence-electron chi connectivity index (χ0n) is 10.6. The smallest absolute Gasteiger partial charge is 0.274 e. The van der Waals surface area contributed by atoms with Crippen molar-refractivity contribution in [1.29, 1.82) is 0 Å². The minimum atomic E-state index is -0.482. The van der Waals surface area contributed by atoms with Crippen LogP contribution in [0.5, 0.6) is 0 Å². The highest BCUT2D eigenvalue weighted by molar-refractivity contribution is 6.31. The molecular weight excluding hydrogens is 280 g/mol. The number of carbonyl (C=O) groups is 1. The van der Waals surface area contributed by atoms with Gasteiger partial charge < -0.3 is 5.32 Å². The number of amides is 1. The van der Waals surface area contributed by atoms with Crippen LogP contribution < -0.4 is 5.32 Å². The Kier molecular flexibility index (Phi) is 4.00. The largest absolute Gasteiger partial charge is 0.321 e. The lowest BCUT2D eigenvalue weighted by molar-refractivity contribution is -0.385. The lowest BCUT2D eigenvalue weighted by Gasteiger charge is -2.08. The van der Waals surface area contributed by atoms with Crippen molar-refractivity contribution in [3.63, 3.8) is 0 Å². The summed E-state index contributed by atoms with van der Waals surface area (Å²) in [5.41, 5.74) is 1.18. The van der Waals surface area contributed by atoms with E-state index in [9.17, 15) is 14.9 Å². The first-order valence-corrected chi connectivity index (χ1v) is 6.18. The molecule has 2 aromatic carbocycles. The minimum Gasteiger partial charge on any atom is -0.321 e. The van der Waals surface area contributed by atoms with Gasteiger partial charge in [-0.15, -0.1) is 0 Å². The van der Waals surface area contributed by atoms with Crippen LogP contribution in [-0.2, 0) is 0 Å². The number of nitrogens with one attached hydrogen (secondary N) is 1. The van der Waals surface area contributed by atoms with Gasteiger partial charge in [0.25, 0.3) is 11.6 Å². The van der Waals surface area contributed by atoms with Crippen molar-refractivity contribution in [1.82, 2.24) is 0 Å². The Morgan fingerprint density at radius 2 is 1.95 bits per heavy atom. The van der Waals surface area contributed by atoms with E-state index in [0.29, 0.717) is 21.8 Å². The number of hydrogen-bond acceptors (Lipinski definition) is 3. The summed E-state index contributed by atoms with van der Waals surface area (Å²) in [6.45, 7) is 1.59. The number of nitro benzene ring substituents is 1. The third kappa shape index (κ3) is 2.95. The van der Waals surface area contributed by atoms with Crippen LogP contribution in [-0.4, -0.2) is 10.8 Å². The van der Waals surface area contributed by atoms with Gasteiger partial charge in [0, 0.05) is 16.7 Å². The second kappa shape index (κ2) is 5.71. The molecule has 5 nitrogen and oxygen atoms in total. The van der Waals surface area contributed by atoms with Crippen LogP contribution in [0.1, 0.15) is 15.9 Å². The van der Waals surface area contributed by atoms with Crippen molar-refractivity contribution >= 4 is 28.9 Å². The summed E-state index contributed by atoms with van der Waals surface area (Å²) in [5, 5.41) is 13.9. The molecule has 2 aromatic rings. The third-order valence-corrected chi connectivity index (χ3v) is 3.07. The highest BCUT2D eigenvalue weighted by Gasteiger charge is 2.15. The first-order valence-electron chi connectivity index (χ1n) is 5.80. The van der Waals surface area contributed by atoms with Crippen LogP contribution in [0.15, 0.2) is 42.5 Å². The van der Waals surface area contributed by atoms with E-state index in [1.165, 1.54) is 18.2 Å². The van der Waals surface area contributed by atoms with Gasteiger partial charge in [0.05, 0.1) is 16.2 Å². The minimum absolute atomic E-state index is 0.0334. The van der Waals surface area contributed by atoms with Gasteiger partial charge in [-0.05, 0) is 31.2 Å². The van der Waals surface area contributed by atoms with Gasteiger partial charge in [-0.2, -0.15) is 0 Å². The van der Waals surface area contributed by atoms with Crippen LogP contribution in [0.2, 0.25) is 5.02 Å². The Balaban J connectivity index is 2.29. The lowest BCUT2D eigenvalue weighted by atomic mass is 10.1. The first kappa shape index (κ1) is 14.0. The van der Waals surface area contributed by atoms with Crippen molar-refractivity contribution in [2.75, 3.05) is 5.32 Å². The molecule has 0 saturated heterocycles. The Labute approximate surface area is 120 Å². The van der Waals surface area contributed by atoms with Crippen LogP contribution in [0.3, 0.4) is 0 Å². The maximum absolute atomic E-state index is 12.1. The summed E-state index contributed by atoms with van der Waals surface area (Å²) < 4.78 is 0. The fourth-order valence-corrected chi connectivity index (χ4v) is 1.97. The van der Waals surface area contributed by atoms with Crippen molar-refractivity contribution in [2.24, 2.45) is 0 Å². The van der Waals surface area contributed by atoms with E-state index >= 15 is 0 Å². The molecule has 0 aromatic heterocycles. The summed E-state index contributed by atoms with van der Waals surface area (Å²) in [7, 11) is 0. The molecule has 2 rings (SSSR count). The van der Waals surface area contributed by atoms with Crippen LogP contribution in [0, 0.1) is 17.0 Å². The molecule has 0 aliphatic rings. The standard InChI is InChI=1S/C14H11ClN2O3/c1-9-12(6-3-7-13(9)17(19)20)16-14(18)10-4-2-5-11(15)8-10/h2-8H,1H3,(H,16,18). The molecule has 20 heavy (non-hydrogen) atoms. The normalized spacial score (nSPS) is 10.1.